The van der Waals surface area contributed by atoms with Gasteiger partial charge < -0.3 is 10.2 Å². The highest BCUT2D eigenvalue weighted by Gasteiger charge is 2.38. The second-order valence-electron chi connectivity index (χ2n) is 8.28. The van der Waals surface area contributed by atoms with Crippen LogP contribution in [0.4, 0.5) is 11.4 Å². The van der Waals surface area contributed by atoms with Gasteiger partial charge in [0.05, 0.1) is 10.9 Å². The van der Waals surface area contributed by atoms with E-state index in [1.54, 1.807) is 20.2 Å². The van der Waals surface area contributed by atoms with Crippen molar-refractivity contribution in [3.05, 3.63) is 65.7 Å². The third kappa shape index (κ3) is 3.52. The first-order valence-electron chi connectivity index (χ1n) is 10.7. The van der Waals surface area contributed by atoms with Crippen LogP contribution in [-0.4, -0.2) is 39.9 Å². The second kappa shape index (κ2) is 8.08. The summed E-state index contributed by atoms with van der Waals surface area (Å²) in [6.45, 7) is 6.35. The SMILES string of the molecule is CCN(CC)c1ccc(C2Nc3ccc(S(=O)(=O)N(C)C)cc3C3C=CCC32)cc1. The third-order valence-electron chi connectivity index (χ3n) is 6.49. The number of nitrogens with one attached hydrogen (secondary N) is 1. The molecule has 3 atom stereocenters. The number of hydrogen-bond donors (Lipinski definition) is 1. The van der Waals surface area contributed by atoms with E-state index in [9.17, 15) is 8.42 Å². The summed E-state index contributed by atoms with van der Waals surface area (Å²) in [4.78, 5) is 2.70. The Morgan fingerprint density at radius 3 is 2.37 bits per heavy atom. The quantitative estimate of drug-likeness (QED) is 0.687. The van der Waals surface area contributed by atoms with E-state index in [-0.39, 0.29) is 12.0 Å². The van der Waals surface area contributed by atoms with Crippen molar-refractivity contribution in [2.24, 2.45) is 5.92 Å². The Balaban J connectivity index is 1.68. The summed E-state index contributed by atoms with van der Waals surface area (Å²) in [7, 11) is -0.301. The Labute approximate surface area is 180 Å². The number of benzene rings is 2. The fourth-order valence-electron chi connectivity index (χ4n) is 4.76. The minimum absolute atomic E-state index is 0.208. The van der Waals surface area contributed by atoms with Gasteiger partial charge in [0, 0.05) is 44.5 Å². The molecule has 0 saturated carbocycles. The summed E-state index contributed by atoms with van der Waals surface area (Å²) < 4.78 is 26.5. The maximum absolute atomic E-state index is 12.6. The van der Waals surface area contributed by atoms with Crippen LogP contribution in [0, 0.1) is 5.92 Å². The first kappa shape index (κ1) is 20.9. The maximum atomic E-state index is 12.6. The van der Waals surface area contributed by atoms with Crippen LogP contribution in [0.15, 0.2) is 59.5 Å². The number of anilines is 2. The highest BCUT2D eigenvalue weighted by molar-refractivity contribution is 7.89. The summed E-state index contributed by atoms with van der Waals surface area (Å²) in [6, 6.07) is 14.6. The minimum atomic E-state index is -3.45. The fraction of sp³-hybridized carbons (Fsp3) is 0.417. The topological polar surface area (TPSA) is 52.7 Å². The molecule has 4 rings (SSSR count). The summed E-state index contributed by atoms with van der Waals surface area (Å²) in [5.74, 6) is 0.611. The molecule has 2 aromatic carbocycles. The number of allylic oxidation sites excluding steroid dienone is 2. The van der Waals surface area contributed by atoms with Gasteiger partial charge >= 0.3 is 0 Å². The Hall–Kier alpha value is -2.31. The van der Waals surface area contributed by atoms with Crippen LogP contribution in [0.25, 0.3) is 0 Å². The molecule has 0 saturated heterocycles. The van der Waals surface area contributed by atoms with Gasteiger partial charge in [0.15, 0.2) is 0 Å². The molecule has 160 valence electrons. The zero-order valence-electron chi connectivity index (χ0n) is 18.2. The molecule has 2 aliphatic rings. The van der Waals surface area contributed by atoms with Crippen molar-refractivity contribution in [2.75, 3.05) is 37.4 Å². The molecule has 3 unspecified atom stereocenters. The monoisotopic (exact) mass is 425 g/mol. The normalized spacial score (nSPS) is 22.5. The van der Waals surface area contributed by atoms with E-state index in [1.807, 2.05) is 12.1 Å². The highest BCUT2D eigenvalue weighted by Crippen LogP contribution is 2.50. The van der Waals surface area contributed by atoms with E-state index >= 15 is 0 Å². The number of hydrogen-bond acceptors (Lipinski definition) is 4. The minimum Gasteiger partial charge on any atom is -0.378 e. The van der Waals surface area contributed by atoms with Gasteiger partial charge in [0.1, 0.15) is 0 Å². The van der Waals surface area contributed by atoms with E-state index < -0.39 is 10.0 Å². The van der Waals surface area contributed by atoms with Crippen LogP contribution < -0.4 is 10.2 Å². The lowest BCUT2D eigenvalue weighted by Gasteiger charge is -2.38. The van der Waals surface area contributed by atoms with Gasteiger partial charge in [0.2, 0.25) is 10.0 Å². The molecule has 6 heteroatoms. The van der Waals surface area contributed by atoms with Crippen LogP contribution in [0.3, 0.4) is 0 Å². The van der Waals surface area contributed by atoms with E-state index in [0.717, 1.165) is 30.8 Å². The predicted octanol–water partition coefficient (Wildman–Crippen LogP) is 4.61. The lowest BCUT2D eigenvalue weighted by atomic mass is 9.77. The zero-order chi connectivity index (χ0) is 21.5. The van der Waals surface area contributed by atoms with Crippen molar-refractivity contribution in [3.8, 4) is 0 Å². The maximum Gasteiger partial charge on any atom is 0.242 e. The molecule has 1 aliphatic heterocycles. The van der Waals surface area contributed by atoms with Gasteiger partial charge in [-0.2, -0.15) is 0 Å². The molecule has 2 aromatic rings. The molecule has 0 aromatic heterocycles. The number of nitrogens with zero attached hydrogens (tertiary/aromatic N) is 2. The first-order valence-corrected chi connectivity index (χ1v) is 12.2. The van der Waals surface area contributed by atoms with Crippen LogP contribution in [0.1, 0.15) is 43.4 Å². The summed E-state index contributed by atoms with van der Waals surface area (Å²) in [6.07, 6.45) is 5.47. The molecule has 0 amide bonds. The average molecular weight is 426 g/mol. The van der Waals surface area contributed by atoms with Gasteiger partial charge in [-0.3, -0.25) is 0 Å². The Morgan fingerprint density at radius 2 is 1.73 bits per heavy atom. The smallest absolute Gasteiger partial charge is 0.242 e. The summed E-state index contributed by atoms with van der Waals surface area (Å²) in [5.41, 5.74) is 4.63. The first-order chi connectivity index (χ1) is 14.4. The number of sulfonamides is 1. The number of rotatable bonds is 6. The van der Waals surface area contributed by atoms with Crippen molar-refractivity contribution in [1.29, 1.82) is 0 Å². The lowest BCUT2D eigenvalue weighted by Crippen LogP contribution is -2.30. The average Bonchev–Trinajstić information content (AvgIpc) is 3.24. The molecule has 0 spiro atoms. The van der Waals surface area contributed by atoms with Gasteiger partial charge in [0.25, 0.3) is 0 Å². The molecule has 1 aliphatic carbocycles. The molecule has 1 heterocycles. The summed E-state index contributed by atoms with van der Waals surface area (Å²) in [5, 5.41) is 3.71. The summed E-state index contributed by atoms with van der Waals surface area (Å²) >= 11 is 0. The van der Waals surface area contributed by atoms with Crippen molar-refractivity contribution < 1.29 is 8.42 Å². The van der Waals surface area contributed by atoms with Crippen molar-refractivity contribution >= 4 is 21.4 Å². The Bertz CT molecular complexity index is 1040. The van der Waals surface area contributed by atoms with E-state index in [1.165, 1.54) is 15.6 Å². The Kier molecular flexibility index (Phi) is 5.64. The fourth-order valence-corrected chi connectivity index (χ4v) is 5.69. The lowest BCUT2D eigenvalue weighted by molar-refractivity contribution is 0.425. The molecule has 0 fully saturated rings. The number of fused-ring (bicyclic) bond motifs is 3. The molecule has 1 N–H and O–H groups in total. The van der Waals surface area contributed by atoms with Crippen molar-refractivity contribution in [2.45, 2.75) is 37.1 Å². The van der Waals surface area contributed by atoms with E-state index in [2.05, 4.69) is 60.5 Å². The molecule has 0 bridgehead atoms. The predicted molar refractivity (Wildman–Crippen MR) is 124 cm³/mol. The largest absolute Gasteiger partial charge is 0.378 e. The van der Waals surface area contributed by atoms with E-state index in [4.69, 9.17) is 0 Å². The van der Waals surface area contributed by atoms with Crippen LogP contribution in [0.2, 0.25) is 0 Å². The van der Waals surface area contributed by atoms with Gasteiger partial charge in [-0.15, -0.1) is 0 Å². The van der Waals surface area contributed by atoms with Crippen LogP contribution in [-0.2, 0) is 10.0 Å². The molecular formula is C24H31N3O2S. The van der Waals surface area contributed by atoms with E-state index in [0.29, 0.717) is 10.8 Å². The molecule has 0 radical (unpaired) electrons. The zero-order valence-corrected chi connectivity index (χ0v) is 19.0. The molecular weight excluding hydrogens is 394 g/mol. The van der Waals surface area contributed by atoms with Crippen molar-refractivity contribution in [1.82, 2.24) is 4.31 Å². The molecule has 30 heavy (non-hydrogen) atoms. The Morgan fingerprint density at radius 1 is 1.03 bits per heavy atom. The van der Waals surface area contributed by atoms with Gasteiger partial charge in [-0.1, -0.05) is 24.3 Å². The van der Waals surface area contributed by atoms with Gasteiger partial charge in [-0.05, 0) is 67.6 Å². The highest BCUT2D eigenvalue weighted by atomic mass is 32.2. The van der Waals surface area contributed by atoms with Gasteiger partial charge in [-0.25, -0.2) is 12.7 Å². The molecule has 5 nitrogen and oxygen atoms in total. The second-order valence-corrected chi connectivity index (χ2v) is 10.4. The third-order valence-corrected chi connectivity index (χ3v) is 8.30. The van der Waals surface area contributed by atoms with Crippen LogP contribution >= 0.6 is 0 Å². The van der Waals surface area contributed by atoms with Crippen LogP contribution in [0.5, 0.6) is 0 Å². The standard InChI is InChI=1S/C24H31N3O2S/c1-5-27(6-2)18-12-10-17(11-13-18)24-21-9-7-8-20(21)22-16-19(14-15-23(22)25-24)30(28,29)26(3)4/h7-8,10-16,20-21,24-25H,5-6,9H2,1-4H3. The van der Waals surface area contributed by atoms with Crippen molar-refractivity contribution in [3.63, 3.8) is 0 Å².